The normalized spacial score (nSPS) is 15.1. The minimum atomic E-state index is -0.814. The maximum atomic E-state index is 10.6. The highest BCUT2D eigenvalue weighted by Gasteiger charge is 2.29. The number of aliphatic carboxylic acids is 1. The Morgan fingerprint density at radius 2 is 2.29 bits per heavy atom. The Morgan fingerprint density at radius 1 is 1.53 bits per heavy atom. The largest absolute Gasteiger partial charge is 0.481 e. The van der Waals surface area contributed by atoms with E-state index < -0.39 is 5.97 Å². The van der Waals surface area contributed by atoms with E-state index in [0.29, 0.717) is 6.04 Å². The molecule has 1 N–H and O–H groups in total. The van der Waals surface area contributed by atoms with Crippen molar-refractivity contribution in [3.8, 4) is 0 Å². The minimum absolute atomic E-state index is 0.0490. The zero-order valence-corrected chi connectivity index (χ0v) is 11.3. The fourth-order valence-electron chi connectivity index (χ4n) is 1.60. The number of hydrogen-bond acceptors (Lipinski definition) is 5. The number of thioether (sulfide) groups is 2. The SMILES string of the molecule is CSCCc1nnc(SCC(=O)O)n1C1CC1. The summed E-state index contributed by atoms with van der Waals surface area (Å²) in [4.78, 5) is 10.6. The van der Waals surface area contributed by atoms with E-state index in [0.717, 1.165) is 36.0 Å². The van der Waals surface area contributed by atoms with Gasteiger partial charge in [0.25, 0.3) is 0 Å². The van der Waals surface area contributed by atoms with Crippen molar-refractivity contribution in [3.63, 3.8) is 0 Å². The van der Waals surface area contributed by atoms with Gasteiger partial charge in [0, 0.05) is 18.2 Å². The highest BCUT2D eigenvalue weighted by Crippen LogP contribution is 2.38. The average molecular weight is 273 g/mol. The number of aryl methyl sites for hydroxylation is 1. The molecule has 1 aromatic rings. The minimum Gasteiger partial charge on any atom is -0.481 e. The molecule has 5 nitrogen and oxygen atoms in total. The van der Waals surface area contributed by atoms with Crippen LogP contribution in [-0.2, 0) is 11.2 Å². The van der Waals surface area contributed by atoms with Crippen molar-refractivity contribution in [2.24, 2.45) is 0 Å². The van der Waals surface area contributed by atoms with Crippen LogP contribution in [0.25, 0.3) is 0 Å². The van der Waals surface area contributed by atoms with Crippen LogP contribution in [0.3, 0.4) is 0 Å². The van der Waals surface area contributed by atoms with E-state index >= 15 is 0 Å². The molecule has 0 aromatic carbocycles. The van der Waals surface area contributed by atoms with E-state index in [-0.39, 0.29) is 5.75 Å². The van der Waals surface area contributed by atoms with E-state index in [1.165, 1.54) is 11.8 Å². The van der Waals surface area contributed by atoms with Crippen LogP contribution in [0.15, 0.2) is 5.16 Å². The summed E-state index contributed by atoms with van der Waals surface area (Å²) in [6, 6.07) is 0.498. The van der Waals surface area contributed by atoms with Crippen LogP contribution in [0.1, 0.15) is 24.7 Å². The van der Waals surface area contributed by atoms with E-state index in [2.05, 4.69) is 21.0 Å². The van der Waals surface area contributed by atoms with Crippen LogP contribution in [0.2, 0.25) is 0 Å². The summed E-state index contributed by atoms with van der Waals surface area (Å²) in [6.07, 6.45) is 5.28. The first-order chi connectivity index (χ1) is 8.22. The van der Waals surface area contributed by atoms with Crippen molar-refractivity contribution < 1.29 is 9.90 Å². The van der Waals surface area contributed by atoms with E-state index in [9.17, 15) is 4.79 Å². The first-order valence-electron chi connectivity index (χ1n) is 5.49. The smallest absolute Gasteiger partial charge is 0.313 e. The molecule has 1 saturated carbocycles. The van der Waals surface area contributed by atoms with Crippen molar-refractivity contribution in [3.05, 3.63) is 5.82 Å². The van der Waals surface area contributed by atoms with Gasteiger partial charge >= 0.3 is 5.97 Å². The standard InChI is InChI=1S/C10H15N3O2S2/c1-16-5-4-8-11-12-10(17-6-9(14)15)13(8)7-2-3-7/h7H,2-6H2,1H3,(H,14,15). The van der Waals surface area contributed by atoms with Crippen LogP contribution in [-0.4, -0.2) is 43.6 Å². The van der Waals surface area contributed by atoms with Crippen molar-refractivity contribution in [1.29, 1.82) is 0 Å². The Kier molecular flexibility index (Phi) is 4.33. The van der Waals surface area contributed by atoms with E-state index in [4.69, 9.17) is 5.11 Å². The number of carboxylic acids is 1. The second-order valence-corrected chi connectivity index (χ2v) is 5.85. The maximum absolute atomic E-state index is 10.6. The second kappa shape index (κ2) is 5.77. The van der Waals surface area contributed by atoms with E-state index in [1.54, 1.807) is 11.8 Å². The van der Waals surface area contributed by atoms with Gasteiger partial charge in [0.05, 0.1) is 5.75 Å². The molecule has 7 heteroatoms. The third-order valence-electron chi connectivity index (χ3n) is 2.50. The number of hydrogen-bond donors (Lipinski definition) is 1. The second-order valence-electron chi connectivity index (χ2n) is 3.93. The van der Waals surface area contributed by atoms with Crippen LogP contribution >= 0.6 is 23.5 Å². The predicted octanol–water partition coefficient (Wildman–Crippen LogP) is 1.70. The molecular weight excluding hydrogens is 258 g/mol. The number of aromatic nitrogens is 3. The molecule has 94 valence electrons. The first kappa shape index (κ1) is 12.8. The topological polar surface area (TPSA) is 68.0 Å². The lowest BCUT2D eigenvalue weighted by molar-refractivity contribution is -0.133. The van der Waals surface area contributed by atoms with Gasteiger partial charge in [0.2, 0.25) is 0 Å². The quantitative estimate of drug-likeness (QED) is 0.763. The van der Waals surface area contributed by atoms with Gasteiger partial charge in [0.15, 0.2) is 5.16 Å². The summed E-state index contributed by atoms with van der Waals surface area (Å²) in [5.41, 5.74) is 0. The molecule has 1 aliphatic rings. The van der Waals surface area contributed by atoms with Gasteiger partial charge in [-0.05, 0) is 19.1 Å². The van der Waals surface area contributed by atoms with Crippen LogP contribution < -0.4 is 0 Å². The van der Waals surface area contributed by atoms with Crippen molar-refractivity contribution in [2.75, 3.05) is 17.8 Å². The molecule has 0 atom stereocenters. The molecule has 0 saturated heterocycles. The van der Waals surface area contributed by atoms with Crippen LogP contribution in [0.4, 0.5) is 0 Å². The third kappa shape index (κ3) is 3.38. The molecule has 0 amide bonds. The van der Waals surface area contributed by atoms with Crippen LogP contribution in [0, 0.1) is 0 Å². The zero-order chi connectivity index (χ0) is 12.3. The van der Waals surface area contributed by atoms with Gasteiger partial charge in [0.1, 0.15) is 5.82 Å². The molecule has 2 rings (SSSR count). The van der Waals surface area contributed by atoms with Gasteiger partial charge in [-0.3, -0.25) is 4.79 Å². The highest BCUT2D eigenvalue weighted by molar-refractivity contribution is 7.99. The first-order valence-corrected chi connectivity index (χ1v) is 7.87. The predicted molar refractivity (Wildman–Crippen MR) is 68.7 cm³/mol. The molecule has 0 unspecified atom stereocenters. The molecular formula is C10H15N3O2S2. The van der Waals surface area contributed by atoms with Gasteiger partial charge in [-0.25, -0.2) is 0 Å². The Bertz CT molecular complexity index is 404. The Labute approximate surface area is 108 Å². The van der Waals surface area contributed by atoms with Crippen molar-refractivity contribution >= 4 is 29.5 Å². The fraction of sp³-hybridized carbons (Fsp3) is 0.700. The molecule has 17 heavy (non-hydrogen) atoms. The van der Waals surface area contributed by atoms with Gasteiger partial charge in [-0.1, -0.05) is 11.8 Å². The lowest BCUT2D eigenvalue weighted by Crippen LogP contribution is -2.06. The number of rotatable bonds is 7. The fourth-order valence-corrected chi connectivity index (χ4v) is 2.73. The maximum Gasteiger partial charge on any atom is 0.313 e. The third-order valence-corrected chi connectivity index (χ3v) is 4.04. The average Bonchev–Trinajstić information content (AvgIpc) is 3.05. The number of carboxylic acid groups (broad SMARTS) is 1. The van der Waals surface area contributed by atoms with E-state index in [1.807, 2.05) is 0 Å². The van der Waals surface area contributed by atoms with Gasteiger partial charge in [-0.15, -0.1) is 10.2 Å². The monoisotopic (exact) mass is 273 g/mol. The summed E-state index contributed by atoms with van der Waals surface area (Å²) in [6.45, 7) is 0. The highest BCUT2D eigenvalue weighted by atomic mass is 32.2. The summed E-state index contributed by atoms with van der Waals surface area (Å²) in [7, 11) is 0. The molecule has 0 bridgehead atoms. The number of carbonyl (C=O) groups is 1. The Hall–Kier alpha value is -0.690. The zero-order valence-electron chi connectivity index (χ0n) is 9.63. The number of nitrogens with zero attached hydrogens (tertiary/aromatic N) is 3. The molecule has 1 heterocycles. The summed E-state index contributed by atoms with van der Waals surface area (Å²) < 4.78 is 2.13. The Morgan fingerprint density at radius 3 is 2.88 bits per heavy atom. The molecule has 1 aliphatic carbocycles. The van der Waals surface area contributed by atoms with Gasteiger partial charge in [-0.2, -0.15) is 11.8 Å². The Balaban J connectivity index is 2.09. The van der Waals surface area contributed by atoms with Crippen molar-refractivity contribution in [1.82, 2.24) is 14.8 Å². The molecule has 1 aromatic heterocycles. The lowest BCUT2D eigenvalue weighted by Gasteiger charge is -2.07. The summed E-state index contributed by atoms with van der Waals surface area (Å²) in [5, 5.41) is 17.7. The molecule has 0 spiro atoms. The molecule has 1 fully saturated rings. The lowest BCUT2D eigenvalue weighted by atomic mass is 10.4. The van der Waals surface area contributed by atoms with Gasteiger partial charge < -0.3 is 9.67 Å². The molecule has 0 radical (unpaired) electrons. The molecule has 0 aliphatic heterocycles. The summed E-state index contributed by atoms with van der Waals surface area (Å²) in [5.74, 6) is 1.25. The summed E-state index contributed by atoms with van der Waals surface area (Å²) >= 11 is 3.04. The van der Waals surface area contributed by atoms with Crippen molar-refractivity contribution in [2.45, 2.75) is 30.5 Å². The van der Waals surface area contributed by atoms with Crippen LogP contribution in [0.5, 0.6) is 0 Å².